The summed E-state index contributed by atoms with van der Waals surface area (Å²) in [4.78, 5) is 27.0. The van der Waals surface area contributed by atoms with Crippen molar-refractivity contribution in [1.29, 1.82) is 0 Å². The largest absolute Gasteiger partial charge is 0.434 e. The summed E-state index contributed by atoms with van der Waals surface area (Å²) in [6, 6.07) is 11.3. The Kier molecular flexibility index (Phi) is 5.22. The average molecular weight is 385 g/mol. The Hall–Kier alpha value is -2.25. The lowest BCUT2D eigenvalue weighted by atomic mass is 9.84. The number of furan rings is 1. The highest BCUT2D eigenvalue weighted by atomic mass is 32.2. The average Bonchev–Trinajstić information content (AvgIpc) is 3.09. The van der Waals surface area contributed by atoms with Gasteiger partial charge in [-0.1, -0.05) is 11.8 Å². The molecule has 0 radical (unpaired) electrons. The van der Waals surface area contributed by atoms with Gasteiger partial charge in [-0.25, -0.2) is 0 Å². The molecular formula is C20H23N3O3S. The summed E-state index contributed by atoms with van der Waals surface area (Å²) in [5.74, 6) is 0.875. The predicted octanol–water partition coefficient (Wildman–Crippen LogP) is 3.21. The van der Waals surface area contributed by atoms with Crippen LogP contribution in [-0.4, -0.2) is 42.4 Å². The lowest BCUT2D eigenvalue weighted by Gasteiger charge is -2.44. The van der Waals surface area contributed by atoms with Crippen LogP contribution in [0.5, 0.6) is 0 Å². The summed E-state index contributed by atoms with van der Waals surface area (Å²) in [6.45, 7) is 4.74. The molecule has 3 saturated heterocycles. The summed E-state index contributed by atoms with van der Waals surface area (Å²) < 4.78 is 5.55. The van der Waals surface area contributed by atoms with Crippen molar-refractivity contribution >= 4 is 29.5 Å². The van der Waals surface area contributed by atoms with Gasteiger partial charge in [-0.3, -0.25) is 14.9 Å². The van der Waals surface area contributed by atoms with Crippen LogP contribution in [0.3, 0.4) is 0 Å². The maximum Gasteiger partial charge on any atom is 0.251 e. The standard InChI is InChI=1S/C20H23N3O3S/c1-13(24)21-18-6-7-19(26-18)27-16-4-2-15(3-5-16)20(25)22-17-12-23-10-8-14(17)9-11-23/h2-7,14,17H,8-12H2,1H3,(H,21,24)(H,22,25). The topological polar surface area (TPSA) is 74.6 Å². The molecule has 6 nitrogen and oxygen atoms in total. The number of carbonyl (C=O) groups is 2. The first-order valence-corrected chi connectivity index (χ1v) is 10.1. The zero-order valence-electron chi connectivity index (χ0n) is 15.2. The monoisotopic (exact) mass is 385 g/mol. The number of rotatable bonds is 5. The molecule has 0 spiro atoms. The Labute approximate surface area is 162 Å². The minimum Gasteiger partial charge on any atom is -0.434 e. The van der Waals surface area contributed by atoms with Crippen LogP contribution >= 0.6 is 11.8 Å². The lowest BCUT2D eigenvalue weighted by Crippen LogP contribution is -2.57. The first kappa shape index (κ1) is 18.1. The van der Waals surface area contributed by atoms with Crippen LogP contribution in [0.25, 0.3) is 0 Å². The molecule has 0 saturated carbocycles. The quantitative estimate of drug-likeness (QED) is 0.827. The summed E-state index contributed by atoms with van der Waals surface area (Å²) in [6.07, 6.45) is 2.37. The number of fused-ring (bicyclic) bond motifs is 3. The normalized spacial score (nSPS) is 23.8. The third-order valence-corrected chi connectivity index (χ3v) is 6.12. The molecule has 2 N–H and O–H groups in total. The van der Waals surface area contributed by atoms with E-state index in [0.29, 0.717) is 22.5 Å². The van der Waals surface area contributed by atoms with E-state index in [9.17, 15) is 9.59 Å². The Bertz CT molecular complexity index is 825. The number of anilines is 1. The minimum absolute atomic E-state index is 0.00348. The van der Waals surface area contributed by atoms with Crippen LogP contribution in [0, 0.1) is 5.92 Å². The fourth-order valence-electron chi connectivity index (χ4n) is 3.79. The molecule has 3 aliphatic rings. The van der Waals surface area contributed by atoms with Gasteiger partial charge in [-0.05, 0) is 62.2 Å². The number of amides is 2. The third kappa shape index (κ3) is 4.36. The van der Waals surface area contributed by atoms with Crippen LogP contribution in [0.1, 0.15) is 30.1 Å². The van der Waals surface area contributed by atoms with Crippen molar-refractivity contribution in [3.05, 3.63) is 42.0 Å². The van der Waals surface area contributed by atoms with E-state index in [1.165, 1.54) is 44.6 Å². The van der Waals surface area contributed by atoms with Crippen molar-refractivity contribution in [2.24, 2.45) is 5.92 Å². The fraction of sp³-hybridized carbons (Fsp3) is 0.400. The number of hydrogen-bond donors (Lipinski definition) is 2. The second kappa shape index (κ2) is 7.78. The smallest absolute Gasteiger partial charge is 0.251 e. The molecule has 142 valence electrons. The molecule has 5 rings (SSSR count). The van der Waals surface area contributed by atoms with E-state index >= 15 is 0 Å². The Balaban J connectivity index is 1.35. The minimum atomic E-state index is -0.167. The fourth-order valence-corrected chi connectivity index (χ4v) is 4.56. The highest BCUT2D eigenvalue weighted by molar-refractivity contribution is 7.99. The zero-order valence-corrected chi connectivity index (χ0v) is 16.1. The van der Waals surface area contributed by atoms with E-state index in [-0.39, 0.29) is 17.9 Å². The van der Waals surface area contributed by atoms with Gasteiger partial charge in [0.15, 0.2) is 5.09 Å². The van der Waals surface area contributed by atoms with Crippen molar-refractivity contribution in [3.8, 4) is 0 Å². The van der Waals surface area contributed by atoms with Gasteiger partial charge in [0.1, 0.15) is 0 Å². The predicted molar refractivity (Wildman–Crippen MR) is 104 cm³/mol. The van der Waals surface area contributed by atoms with Gasteiger partial charge in [-0.2, -0.15) is 0 Å². The summed E-state index contributed by atoms with van der Waals surface area (Å²) in [5, 5.41) is 6.50. The summed E-state index contributed by atoms with van der Waals surface area (Å²) in [7, 11) is 0. The van der Waals surface area contributed by atoms with Crippen LogP contribution < -0.4 is 10.6 Å². The maximum atomic E-state index is 12.6. The van der Waals surface area contributed by atoms with E-state index in [2.05, 4.69) is 15.5 Å². The number of benzene rings is 1. The molecule has 1 unspecified atom stereocenters. The van der Waals surface area contributed by atoms with Crippen molar-refractivity contribution in [2.75, 3.05) is 25.0 Å². The Morgan fingerprint density at radius 2 is 1.85 bits per heavy atom. The number of nitrogens with one attached hydrogen (secondary N) is 2. The van der Waals surface area contributed by atoms with Gasteiger partial charge in [-0.15, -0.1) is 0 Å². The summed E-state index contributed by atoms with van der Waals surface area (Å²) in [5.41, 5.74) is 0.675. The molecule has 3 fully saturated rings. The van der Waals surface area contributed by atoms with Crippen molar-refractivity contribution in [3.63, 3.8) is 0 Å². The van der Waals surface area contributed by atoms with Crippen molar-refractivity contribution in [2.45, 2.75) is 35.8 Å². The summed E-state index contributed by atoms with van der Waals surface area (Å²) >= 11 is 1.45. The van der Waals surface area contributed by atoms with E-state index < -0.39 is 0 Å². The van der Waals surface area contributed by atoms with E-state index in [4.69, 9.17) is 4.42 Å². The van der Waals surface area contributed by atoms with Gasteiger partial charge < -0.3 is 14.6 Å². The van der Waals surface area contributed by atoms with Crippen LogP contribution in [0.15, 0.2) is 50.8 Å². The highest BCUT2D eigenvalue weighted by Crippen LogP contribution is 2.31. The van der Waals surface area contributed by atoms with Crippen LogP contribution in [0.2, 0.25) is 0 Å². The molecule has 1 atom stereocenters. The Morgan fingerprint density at radius 3 is 2.48 bits per heavy atom. The van der Waals surface area contributed by atoms with Gasteiger partial charge in [0.25, 0.3) is 5.91 Å². The van der Waals surface area contributed by atoms with Gasteiger partial charge in [0, 0.05) is 36.0 Å². The molecule has 4 heterocycles. The second-order valence-corrected chi connectivity index (χ2v) is 8.22. The van der Waals surface area contributed by atoms with Gasteiger partial charge in [0.2, 0.25) is 11.8 Å². The molecule has 1 aromatic carbocycles. The second-order valence-electron chi connectivity index (χ2n) is 7.14. The Morgan fingerprint density at radius 1 is 1.11 bits per heavy atom. The van der Waals surface area contributed by atoms with Gasteiger partial charge >= 0.3 is 0 Å². The zero-order chi connectivity index (χ0) is 18.8. The molecule has 2 aromatic rings. The molecule has 1 aromatic heterocycles. The number of hydrogen-bond acceptors (Lipinski definition) is 5. The molecule has 0 aliphatic carbocycles. The molecule has 3 aliphatic heterocycles. The van der Waals surface area contributed by atoms with Crippen LogP contribution in [-0.2, 0) is 4.79 Å². The molecule has 2 amide bonds. The van der Waals surface area contributed by atoms with E-state index in [1.54, 1.807) is 6.07 Å². The first-order chi connectivity index (χ1) is 13.1. The highest BCUT2D eigenvalue weighted by Gasteiger charge is 2.34. The number of nitrogens with zero attached hydrogens (tertiary/aromatic N) is 1. The molecule has 2 bridgehead atoms. The van der Waals surface area contributed by atoms with Crippen molar-refractivity contribution < 1.29 is 14.0 Å². The number of piperidine rings is 3. The van der Waals surface area contributed by atoms with Crippen LogP contribution in [0.4, 0.5) is 5.88 Å². The van der Waals surface area contributed by atoms with E-state index in [1.807, 2.05) is 30.3 Å². The lowest BCUT2D eigenvalue weighted by molar-refractivity contribution is -0.114. The molecular weight excluding hydrogens is 362 g/mol. The number of carbonyl (C=O) groups excluding carboxylic acids is 2. The molecule has 7 heteroatoms. The maximum absolute atomic E-state index is 12.6. The van der Waals surface area contributed by atoms with Crippen molar-refractivity contribution in [1.82, 2.24) is 10.2 Å². The molecule has 27 heavy (non-hydrogen) atoms. The first-order valence-electron chi connectivity index (χ1n) is 9.25. The van der Waals surface area contributed by atoms with E-state index in [0.717, 1.165) is 11.4 Å². The van der Waals surface area contributed by atoms with Gasteiger partial charge in [0.05, 0.1) is 0 Å². The SMILES string of the molecule is CC(=O)Nc1ccc(Sc2ccc(C(=O)NC3CN4CCC3CC4)cc2)o1. The third-order valence-electron chi connectivity index (χ3n) is 5.19.